The Morgan fingerprint density at radius 2 is 0.727 bits per heavy atom. The van der Waals surface area contributed by atoms with Crippen LogP contribution in [-0.2, 0) is 0 Å². The molecule has 0 spiro atoms. The number of nitrogens with zero attached hydrogens (tertiary/aromatic N) is 1. The number of benzene rings is 10. The van der Waals surface area contributed by atoms with E-state index >= 15 is 0 Å². The summed E-state index contributed by atoms with van der Waals surface area (Å²) in [5.74, 6) is 0. The van der Waals surface area contributed by atoms with Crippen molar-refractivity contribution >= 4 is 49.4 Å². The highest BCUT2D eigenvalue weighted by Gasteiger charge is 2.19. The van der Waals surface area contributed by atoms with Gasteiger partial charge in [-0.2, -0.15) is 0 Å². The Labute approximate surface area is 322 Å². The molecule has 0 unspecified atom stereocenters. The summed E-state index contributed by atoms with van der Waals surface area (Å²) in [4.78, 5) is 2.40. The maximum Gasteiger partial charge on any atom is 0.0540 e. The van der Waals surface area contributed by atoms with Crippen LogP contribution in [0.5, 0.6) is 0 Å². The summed E-state index contributed by atoms with van der Waals surface area (Å²) in [5, 5.41) is 7.58. The normalized spacial score (nSPS) is 11.3. The second-order valence-electron chi connectivity index (χ2n) is 14.1. The predicted octanol–water partition coefficient (Wildman–Crippen LogP) is 15.3. The Bertz CT molecular complexity index is 2950. The standard InChI is InChI=1S/C54H37N/c1-2-14-38(15-3-1)39-28-32-45(33-29-39)55(46-34-30-41(31-35-46)53-37-44-17-5-7-22-49(44)51-24-8-9-25-52(51)53)54-27-11-10-23-50(54)43-20-12-19-42(36-43)48-26-13-18-40-16-4-6-21-47(40)48/h1-37H. The molecule has 0 heterocycles. The molecule has 1 nitrogen and oxygen atoms in total. The maximum absolute atomic E-state index is 2.40. The van der Waals surface area contributed by atoms with Crippen LogP contribution in [0, 0.1) is 0 Å². The van der Waals surface area contributed by atoms with Crippen molar-refractivity contribution in [2.45, 2.75) is 0 Å². The van der Waals surface area contributed by atoms with Gasteiger partial charge in [-0.25, -0.2) is 0 Å². The van der Waals surface area contributed by atoms with Crippen molar-refractivity contribution < 1.29 is 0 Å². The highest BCUT2D eigenvalue weighted by Crippen LogP contribution is 2.43. The van der Waals surface area contributed by atoms with E-state index in [2.05, 4.69) is 229 Å². The van der Waals surface area contributed by atoms with E-state index in [-0.39, 0.29) is 0 Å². The number of para-hydroxylation sites is 1. The summed E-state index contributed by atoms with van der Waals surface area (Å²) < 4.78 is 0. The molecule has 0 fully saturated rings. The molecule has 258 valence electrons. The predicted molar refractivity (Wildman–Crippen MR) is 235 cm³/mol. The van der Waals surface area contributed by atoms with Crippen LogP contribution >= 0.6 is 0 Å². The number of anilines is 3. The molecular weight excluding hydrogens is 663 g/mol. The molecule has 0 saturated heterocycles. The Balaban J connectivity index is 1.11. The number of fused-ring (bicyclic) bond motifs is 4. The van der Waals surface area contributed by atoms with E-state index in [1.165, 1.54) is 76.8 Å². The smallest absolute Gasteiger partial charge is 0.0540 e. The fraction of sp³-hybridized carbons (Fsp3) is 0. The lowest BCUT2D eigenvalue weighted by Crippen LogP contribution is -2.11. The van der Waals surface area contributed by atoms with Crippen molar-refractivity contribution in [1.82, 2.24) is 0 Å². The Morgan fingerprint density at radius 1 is 0.236 bits per heavy atom. The first-order valence-electron chi connectivity index (χ1n) is 18.9. The van der Waals surface area contributed by atoms with Crippen molar-refractivity contribution in [1.29, 1.82) is 0 Å². The zero-order valence-electron chi connectivity index (χ0n) is 30.3. The Kier molecular flexibility index (Phi) is 8.24. The minimum atomic E-state index is 1.10. The molecule has 0 aromatic heterocycles. The first-order valence-corrected chi connectivity index (χ1v) is 18.9. The molecule has 0 aliphatic carbocycles. The van der Waals surface area contributed by atoms with Gasteiger partial charge in [-0.3, -0.25) is 0 Å². The van der Waals surface area contributed by atoms with Gasteiger partial charge in [-0.05, 0) is 114 Å². The highest BCUT2D eigenvalue weighted by atomic mass is 15.1. The minimum absolute atomic E-state index is 1.10. The highest BCUT2D eigenvalue weighted by molar-refractivity contribution is 6.13. The molecule has 0 N–H and O–H groups in total. The van der Waals surface area contributed by atoms with E-state index in [0.717, 1.165) is 17.1 Å². The van der Waals surface area contributed by atoms with E-state index in [9.17, 15) is 0 Å². The van der Waals surface area contributed by atoms with Crippen molar-refractivity contribution in [2.75, 3.05) is 4.90 Å². The second-order valence-corrected chi connectivity index (χ2v) is 14.1. The van der Waals surface area contributed by atoms with E-state index in [4.69, 9.17) is 0 Å². The monoisotopic (exact) mass is 699 g/mol. The maximum atomic E-state index is 2.40. The fourth-order valence-electron chi connectivity index (χ4n) is 8.19. The van der Waals surface area contributed by atoms with Gasteiger partial charge in [0.25, 0.3) is 0 Å². The molecule has 10 rings (SSSR count). The average molecular weight is 700 g/mol. The van der Waals surface area contributed by atoms with Gasteiger partial charge in [0.1, 0.15) is 0 Å². The van der Waals surface area contributed by atoms with Crippen LogP contribution in [0.2, 0.25) is 0 Å². The molecule has 0 bridgehead atoms. The van der Waals surface area contributed by atoms with Crippen LogP contribution in [-0.4, -0.2) is 0 Å². The van der Waals surface area contributed by atoms with Gasteiger partial charge in [0.2, 0.25) is 0 Å². The minimum Gasteiger partial charge on any atom is -0.310 e. The Morgan fingerprint density at radius 3 is 1.49 bits per heavy atom. The van der Waals surface area contributed by atoms with Gasteiger partial charge in [0.15, 0.2) is 0 Å². The van der Waals surface area contributed by atoms with Crippen molar-refractivity contribution in [3.63, 3.8) is 0 Å². The third-order valence-electron chi connectivity index (χ3n) is 10.9. The van der Waals surface area contributed by atoms with Crippen LogP contribution in [0.1, 0.15) is 0 Å². The SMILES string of the molecule is c1ccc(-c2ccc(N(c3ccc(-c4cc5ccccc5c5ccccc45)cc3)c3ccccc3-c3cccc(-c4cccc5ccccc45)c3)cc2)cc1. The van der Waals surface area contributed by atoms with Crippen molar-refractivity contribution in [2.24, 2.45) is 0 Å². The van der Waals surface area contributed by atoms with E-state index in [1.807, 2.05) is 0 Å². The van der Waals surface area contributed by atoms with Crippen LogP contribution in [0.15, 0.2) is 224 Å². The summed E-state index contributed by atoms with van der Waals surface area (Å²) in [6, 6.07) is 81.4. The molecule has 0 aliphatic heterocycles. The van der Waals surface area contributed by atoms with Gasteiger partial charge >= 0.3 is 0 Å². The summed E-state index contributed by atoms with van der Waals surface area (Å²) >= 11 is 0. The molecule has 0 saturated carbocycles. The molecule has 0 radical (unpaired) electrons. The van der Waals surface area contributed by atoms with Gasteiger partial charge in [-0.1, -0.05) is 182 Å². The lowest BCUT2D eigenvalue weighted by molar-refractivity contribution is 1.28. The number of hydrogen-bond donors (Lipinski definition) is 0. The summed E-state index contributed by atoms with van der Waals surface area (Å²) in [7, 11) is 0. The van der Waals surface area contributed by atoms with Crippen molar-refractivity contribution in [3.8, 4) is 44.5 Å². The molecule has 0 atom stereocenters. The molecule has 10 aromatic carbocycles. The Hall–Kier alpha value is -7.22. The van der Waals surface area contributed by atoms with Crippen LogP contribution in [0.4, 0.5) is 17.1 Å². The van der Waals surface area contributed by atoms with Gasteiger partial charge in [-0.15, -0.1) is 0 Å². The van der Waals surface area contributed by atoms with E-state index in [1.54, 1.807) is 0 Å². The zero-order chi connectivity index (χ0) is 36.6. The number of rotatable bonds is 7. The van der Waals surface area contributed by atoms with Gasteiger partial charge < -0.3 is 4.90 Å². The fourth-order valence-corrected chi connectivity index (χ4v) is 8.19. The van der Waals surface area contributed by atoms with E-state index < -0.39 is 0 Å². The average Bonchev–Trinajstić information content (AvgIpc) is 3.27. The summed E-state index contributed by atoms with van der Waals surface area (Å²) in [5.41, 5.74) is 12.9. The molecule has 10 aromatic rings. The number of hydrogen-bond acceptors (Lipinski definition) is 1. The first-order chi connectivity index (χ1) is 27.3. The first kappa shape index (κ1) is 32.4. The van der Waals surface area contributed by atoms with Crippen molar-refractivity contribution in [3.05, 3.63) is 224 Å². The van der Waals surface area contributed by atoms with Gasteiger partial charge in [0.05, 0.1) is 5.69 Å². The molecular formula is C54H37N. The lowest BCUT2D eigenvalue weighted by Gasteiger charge is -2.28. The topological polar surface area (TPSA) is 3.24 Å². The quantitative estimate of drug-likeness (QED) is 0.150. The summed E-state index contributed by atoms with van der Waals surface area (Å²) in [6.07, 6.45) is 0. The third kappa shape index (κ3) is 6.02. The third-order valence-corrected chi connectivity index (χ3v) is 10.9. The molecule has 0 amide bonds. The summed E-state index contributed by atoms with van der Waals surface area (Å²) in [6.45, 7) is 0. The van der Waals surface area contributed by atoms with Crippen LogP contribution in [0.25, 0.3) is 76.8 Å². The largest absolute Gasteiger partial charge is 0.310 e. The second kappa shape index (κ2) is 14.0. The molecule has 1 heteroatoms. The lowest BCUT2D eigenvalue weighted by atomic mass is 9.93. The molecule has 0 aliphatic rings. The molecule has 55 heavy (non-hydrogen) atoms. The van der Waals surface area contributed by atoms with Crippen LogP contribution in [0.3, 0.4) is 0 Å². The van der Waals surface area contributed by atoms with Crippen LogP contribution < -0.4 is 4.90 Å². The van der Waals surface area contributed by atoms with E-state index in [0.29, 0.717) is 0 Å². The zero-order valence-corrected chi connectivity index (χ0v) is 30.3. The van der Waals surface area contributed by atoms with Gasteiger partial charge in [0, 0.05) is 16.9 Å².